The van der Waals surface area contributed by atoms with Crippen molar-refractivity contribution in [1.29, 1.82) is 0 Å². The molecule has 4 aromatic rings. The first-order valence-corrected chi connectivity index (χ1v) is 10.7. The first-order valence-electron chi connectivity index (χ1n) is 10.7. The predicted molar refractivity (Wildman–Crippen MR) is 124 cm³/mol. The van der Waals surface area contributed by atoms with Gasteiger partial charge in [-0.2, -0.15) is 0 Å². The Morgan fingerprint density at radius 2 is 1.47 bits per heavy atom. The van der Waals surface area contributed by atoms with Gasteiger partial charge in [0, 0.05) is 51.5 Å². The van der Waals surface area contributed by atoms with E-state index in [-0.39, 0.29) is 11.6 Å². The van der Waals surface area contributed by atoms with Gasteiger partial charge in [0.25, 0.3) is 0 Å². The summed E-state index contributed by atoms with van der Waals surface area (Å²) in [5.41, 5.74) is 5.32. The molecule has 1 heterocycles. The van der Waals surface area contributed by atoms with Gasteiger partial charge in [-0.1, -0.05) is 37.6 Å². The molecule has 0 aliphatic rings. The average Bonchev–Trinajstić information content (AvgIpc) is 3.09. The van der Waals surface area contributed by atoms with Crippen LogP contribution in [0.2, 0.25) is 0 Å². The number of hydrogen-bond acceptors (Lipinski definition) is 2. The molecule has 0 saturated heterocycles. The third-order valence-electron chi connectivity index (χ3n) is 5.91. The van der Waals surface area contributed by atoms with Gasteiger partial charge in [-0.25, -0.2) is 0 Å². The Morgan fingerprint density at radius 3 is 2.10 bits per heavy atom. The van der Waals surface area contributed by atoms with Crippen LogP contribution >= 0.6 is 0 Å². The van der Waals surface area contributed by atoms with E-state index in [4.69, 9.17) is 0 Å². The SMILES string of the molecule is CCCCC(=O)c1ccc2c(c1)c1cc(C(=O)c3ccccc3C)ccc1n2CC. The largest absolute Gasteiger partial charge is 0.341 e. The zero-order chi connectivity index (χ0) is 21.3. The van der Waals surface area contributed by atoms with E-state index in [1.165, 1.54) is 0 Å². The molecule has 0 aliphatic carbocycles. The lowest BCUT2D eigenvalue weighted by Crippen LogP contribution is -2.03. The third kappa shape index (κ3) is 3.45. The van der Waals surface area contributed by atoms with Gasteiger partial charge in [0.1, 0.15) is 0 Å². The molecular weight excluding hydrogens is 370 g/mol. The number of aryl methyl sites for hydroxylation is 2. The summed E-state index contributed by atoms with van der Waals surface area (Å²) >= 11 is 0. The van der Waals surface area contributed by atoms with Crippen LogP contribution < -0.4 is 0 Å². The first-order chi connectivity index (χ1) is 14.5. The summed E-state index contributed by atoms with van der Waals surface area (Å²) in [6.07, 6.45) is 2.49. The lowest BCUT2D eigenvalue weighted by Gasteiger charge is -2.06. The van der Waals surface area contributed by atoms with Crippen LogP contribution in [0.5, 0.6) is 0 Å². The molecule has 1 aromatic heterocycles. The quantitative estimate of drug-likeness (QED) is 0.324. The van der Waals surface area contributed by atoms with Crippen molar-refractivity contribution in [3.05, 3.63) is 82.9 Å². The van der Waals surface area contributed by atoms with Crippen molar-refractivity contribution in [3.63, 3.8) is 0 Å². The Balaban J connectivity index is 1.87. The number of Topliss-reactive ketones (excluding diaryl/α,β-unsaturated/α-hetero) is 1. The summed E-state index contributed by atoms with van der Waals surface area (Å²) in [6, 6.07) is 19.6. The highest BCUT2D eigenvalue weighted by Gasteiger charge is 2.16. The minimum atomic E-state index is 0.0302. The Labute approximate surface area is 177 Å². The molecule has 4 rings (SSSR count). The van der Waals surface area contributed by atoms with Crippen LogP contribution in [0, 0.1) is 6.92 Å². The molecule has 0 saturated carbocycles. The number of carbonyl (C=O) groups is 2. The van der Waals surface area contributed by atoms with Gasteiger partial charge in [-0.3, -0.25) is 9.59 Å². The van der Waals surface area contributed by atoms with Crippen molar-refractivity contribution >= 4 is 33.4 Å². The molecule has 0 amide bonds. The fraction of sp³-hybridized carbons (Fsp3) is 0.259. The highest BCUT2D eigenvalue weighted by Crippen LogP contribution is 2.32. The van der Waals surface area contributed by atoms with Gasteiger partial charge >= 0.3 is 0 Å². The van der Waals surface area contributed by atoms with E-state index in [1.807, 2.05) is 67.6 Å². The second-order valence-corrected chi connectivity index (χ2v) is 7.88. The van der Waals surface area contributed by atoms with Crippen LogP contribution in [0.1, 0.15) is 65.0 Å². The molecule has 0 aliphatic heterocycles. The maximum atomic E-state index is 13.2. The summed E-state index contributed by atoms with van der Waals surface area (Å²) in [5, 5.41) is 2.06. The number of nitrogens with zero attached hydrogens (tertiary/aromatic N) is 1. The number of aromatic nitrogens is 1. The minimum absolute atomic E-state index is 0.0302. The van der Waals surface area contributed by atoms with E-state index < -0.39 is 0 Å². The van der Waals surface area contributed by atoms with Crippen LogP contribution in [0.25, 0.3) is 21.8 Å². The van der Waals surface area contributed by atoms with Crippen molar-refractivity contribution in [2.75, 3.05) is 0 Å². The molecule has 0 spiro atoms. The summed E-state index contributed by atoms with van der Waals surface area (Å²) in [4.78, 5) is 25.8. The van der Waals surface area contributed by atoms with E-state index in [0.717, 1.165) is 57.9 Å². The number of carbonyl (C=O) groups excluding carboxylic acids is 2. The van der Waals surface area contributed by atoms with Crippen molar-refractivity contribution in [1.82, 2.24) is 4.57 Å². The third-order valence-corrected chi connectivity index (χ3v) is 5.91. The predicted octanol–water partition coefficient (Wildman–Crippen LogP) is 6.73. The monoisotopic (exact) mass is 397 g/mol. The second kappa shape index (κ2) is 8.27. The first kappa shape index (κ1) is 20.1. The van der Waals surface area contributed by atoms with Crippen molar-refractivity contribution in [2.45, 2.75) is 46.6 Å². The standard InChI is InChI=1S/C27H27NO2/c1-4-6-11-26(29)19-12-14-24-22(16-19)23-17-20(13-15-25(23)28(24)5-2)27(30)21-10-8-7-9-18(21)3/h7-10,12-17H,4-6,11H2,1-3H3. The second-order valence-electron chi connectivity index (χ2n) is 7.88. The summed E-state index contributed by atoms with van der Waals surface area (Å²) in [7, 11) is 0. The smallest absolute Gasteiger partial charge is 0.193 e. The number of benzene rings is 3. The molecule has 0 radical (unpaired) electrons. The van der Waals surface area contributed by atoms with Crippen molar-refractivity contribution in [2.24, 2.45) is 0 Å². The maximum absolute atomic E-state index is 13.2. The summed E-state index contributed by atoms with van der Waals surface area (Å²) < 4.78 is 2.24. The Bertz CT molecular complexity index is 1260. The highest BCUT2D eigenvalue weighted by molar-refractivity contribution is 6.16. The number of unbranched alkanes of at least 4 members (excludes halogenated alkanes) is 1. The Morgan fingerprint density at radius 1 is 0.833 bits per heavy atom. The molecule has 152 valence electrons. The van der Waals surface area contributed by atoms with Crippen LogP contribution in [-0.4, -0.2) is 16.1 Å². The number of rotatable bonds is 7. The Hall–Kier alpha value is -3.20. The van der Waals surface area contributed by atoms with E-state index in [2.05, 4.69) is 18.4 Å². The highest BCUT2D eigenvalue weighted by atomic mass is 16.1. The van der Waals surface area contributed by atoms with Gasteiger partial charge in [-0.15, -0.1) is 0 Å². The molecule has 0 bridgehead atoms. The van der Waals surface area contributed by atoms with Gasteiger partial charge < -0.3 is 4.57 Å². The lowest BCUT2D eigenvalue weighted by atomic mass is 9.97. The van der Waals surface area contributed by atoms with Gasteiger partial charge in [0.15, 0.2) is 11.6 Å². The Kier molecular flexibility index (Phi) is 5.54. The normalized spacial score (nSPS) is 11.3. The van der Waals surface area contributed by atoms with E-state index in [1.54, 1.807) is 0 Å². The molecule has 3 aromatic carbocycles. The summed E-state index contributed by atoms with van der Waals surface area (Å²) in [5.74, 6) is 0.214. The van der Waals surface area contributed by atoms with E-state index in [9.17, 15) is 9.59 Å². The van der Waals surface area contributed by atoms with Crippen LogP contribution in [-0.2, 0) is 6.54 Å². The van der Waals surface area contributed by atoms with Crippen LogP contribution in [0.15, 0.2) is 60.7 Å². The average molecular weight is 398 g/mol. The molecule has 3 heteroatoms. The summed E-state index contributed by atoms with van der Waals surface area (Å²) in [6.45, 7) is 7.00. The van der Waals surface area contributed by atoms with Gasteiger partial charge in [-0.05, 0) is 62.2 Å². The number of fused-ring (bicyclic) bond motifs is 3. The van der Waals surface area contributed by atoms with E-state index >= 15 is 0 Å². The lowest BCUT2D eigenvalue weighted by molar-refractivity contribution is 0.0979. The number of hydrogen-bond donors (Lipinski definition) is 0. The molecular formula is C27H27NO2. The van der Waals surface area contributed by atoms with Crippen LogP contribution in [0.3, 0.4) is 0 Å². The minimum Gasteiger partial charge on any atom is -0.341 e. The van der Waals surface area contributed by atoms with Crippen LogP contribution in [0.4, 0.5) is 0 Å². The van der Waals surface area contributed by atoms with Crippen molar-refractivity contribution < 1.29 is 9.59 Å². The van der Waals surface area contributed by atoms with Gasteiger partial charge in [0.05, 0.1) is 0 Å². The molecule has 0 atom stereocenters. The molecule has 0 fully saturated rings. The number of ketones is 2. The molecule has 30 heavy (non-hydrogen) atoms. The maximum Gasteiger partial charge on any atom is 0.193 e. The van der Waals surface area contributed by atoms with E-state index in [0.29, 0.717) is 12.0 Å². The molecule has 0 unspecified atom stereocenters. The molecule has 0 N–H and O–H groups in total. The zero-order valence-corrected chi connectivity index (χ0v) is 17.9. The van der Waals surface area contributed by atoms with Gasteiger partial charge in [0.2, 0.25) is 0 Å². The topological polar surface area (TPSA) is 39.1 Å². The zero-order valence-electron chi connectivity index (χ0n) is 17.9. The fourth-order valence-electron chi connectivity index (χ4n) is 4.22. The fourth-order valence-corrected chi connectivity index (χ4v) is 4.22. The molecule has 3 nitrogen and oxygen atoms in total. The van der Waals surface area contributed by atoms with Crippen molar-refractivity contribution in [3.8, 4) is 0 Å².